The third-order valence-corrected chi connectivity index (χ3v) is 3.40. The third kappa shape index (κ3) is 1.79. The minimum atomic E-state index is 0.267. The number of rotatable bonds is 2. The summed E-state index contributed by atoms with van der Waals surface area (Å²) in [7, 11) is 0. The van der Waals surface area contributed by atoms with Crippen LogP contribution in [0.25, 0.3) is 33.4 Å². The second-order valence-corrected chi connectivity index (χ2v) is 4.66. The first-order valence-corrected chi connectivity index (χ1v) is 6.47. The lowest BCUT2D eigenvalue weighted by Gasteiger charge is -2.00. The summed E-state index contributed by atoms with van der Waals surface area (Å²) in [5.41, 5.74) is 9.83. The fourth-order valence-corrected chi connectivity index (χ4v) is 2.44. The van der Waals surface area contributed by atoms with Gasteiger partial charge in [0, 0.05) is 23.3 Å². The Morgan fingerprint density at radius 3 is 2.81 bits per heavy atom. The highest BCUT2D eigenvalue weighted by molar-refractivity contribution is 5.98. The highest BCUT2D eigenvalue weighted by Crippen LogP contribution is 2.39. The van der Waals surface area contributed by atoms with Gasteiger partial charge < -0.3 is 14.7 Å². The molecule has 4 aromatic rings. The average molecular weight is 277 g/mol. The van der Waals surface area contributed by atoms with E-state index >= 15 is 0 Å². The highest BCUT2D eigenvalue weighted by atomic mass is 16.5. The van der Waals surface area contributed by atoms with Crippen molar-refractivity contribution in [1.82, 2.24) is 10.1 Å². The van der Waals surface area contributed by atoms with E-state index in [2.05, 4.69) is 10.1 Å². The first-order valence-electron chi connectivity index (χ1n) is 6.47. The highest BCUT2D eigenvalue weighted by Gasteiger charge is 2.20. The monoisotopic (exact) mass is 277 g/mol. The number of para-hydroxylation sites is 1. The second kappa shape index (κ2) is 4.49. The number of anilines is 1. The van der Waals surface area contributed by atoms with Gasteiger partial charge in [-0.1, -0.05) is 29.4 Å². The van der Waals surface area contributed by atoms with Gasteiger partial charge in [0.15, 0.2) is 0 Å². The topological polar surface area (TPSA) is 78.1 Å². The number of hydrogen-bond donors (Lipinski definition) is 1. The number of hydrogen-bond acceptors (Lipinski definition) is 5. The van der Waals surface area contributed by atoms with Crippen LogP contribution in [-0.4, -0.2) is 10.1 Å². The molecule has 0 radical (unpaired) electrons. The first-order chi connectivity index (χ1) is 10.3. The molecule has 0 unspecified atom stereocenters. The van der Waals surface area contributed by atoms with E-state index in [-0.39, 0.29) is 5.88 Å². The van der Waals surface area contributed by atoms with E-state index in [0.29, 0.717) is 5.69 Å². The molecule has 0 saturated heterocycles. The number of furan rings is 1. The van der Waals surface area contributed by atoms with Crippen molar-refractivity contribution in [3.63, 3.8) is 0 Å². The largest absolute Gasteiger partial charge is 0.464 e. The van der Waals surface area contributed by atoms with Gasteiger partial charge in [-0.25, -0.2) is 0 Å². The van der Waals surface area contributed by atoms with Crippen LogP contribution in [0.1, 0.15) is 0 Å². The van der Waals surface area contributed by atoms with Crippen LogP contribution < -0.4 is 5.73 Å². The van der Waals surface area contributed by atoms with Gasteiger partial charge in [0.05, 0.1) is 11.1 Å². The Morgan fingerprint density at radius 2 is 1.95 bits per heavy atom. The molecule has 0 atom stereocenters. The van der Waals surface area contributed by atoms with Gasteiger partial charge in [0.25, 0.3) is 0 Å². The zero-order chi connectivity index (χ0) is 14.2. The van der Waals surface area contributed by atoms with E-state index in [4.69, 9.17) is 14.7 Å². The number of benzene rings is 1. The lowest BCUT2D eigenvalue weighted by Crippen LogP contribution is -1.87. The van der Waals surface area contributed by atoms with E-state index in [9.17, 15) is 0 Å². The molecule has 3 heterocycles. The Morgan fingerprint density at radius 1 is 1.05 bits per heavy atom. The van der Waals surface area contributed by atoms with Gasteiger partial charge >= 0.3 is 0 Å². The number of nitrogens with two attached hydrogens (primary N) is 1. The Bertz CT molecular complexity index is 910. The van der Waals surface area contributed by atoms with Crippen molar-refractivity contribution in [2.75, 3.05) is 5.73 Å². The Labute approximate surface area is 120 Å². The average Bonchev–Trinajstić information content (AvgIpc) is 3.11. The van der Waals surface area contributed by atoms with Crippen LogP contribution in [0.2, 0.25) is 0 Å². The van der Waals surface area contributed by atoms with Crippen molar-refractivity contribution in [2.45, 2.75) is 0 Å². The Kier molecular flexibility index (Phi) is 2.50. The molecule has 102 valence electrons. The normalized spacial score (nSPS) is 11.0. The van der Waals surface area contributed by atoms with Crippen LogP contribution in [0.4, 0.5) is 5.88 Å². The van der Waals surface area contributed by atoms with E-state index < -0.39 is 0 Å². The predicted octanol–water partition coefficient (Wildman–Crippen LogP) is 3.73. The number of nitrogen functional groups attached to an aromatic ring is 1. The molecule has 0 fully saturated rings. The van der Waals surface area contributed by atoms with Gasteiger partial charge in [-0.05, 0) is 12.1 Å². The van der Waals surface area contributed by atoms with Crippen LogP contribution in [-0.2, 0) is 0 Å². The van der Waals surface area contributed by atoms with Crippen molar-refractivity contribution in [2.24, 2.45) is 0 Å². The number of nitrogens with zero attached hydrogens (tertiary/aromatic N) is 2. The first kappa shape index (κ1) is 11.7. The smallest absolute Gasteiger partial charge is 0.230 e. The summed E-state index contributed by atoms with van der Waals surface area (Å²) in [6.45, 7) is 0. The van der Waals surface area contributed by atoms with Gasteiger partial charge in [0.2, 0.25) is 5.88 Å². The molecule has 3 aromatic heterocycles. The second-order valence-electron chi connectivity index (χ2n) is 4.66. The van der Waals surface area contributed by atoms with Crippen molar-refractivity contribution in [3.05, 3.63) is 55.1 Å². The molecule has 21 heavy (non-hydrogen) atoms. The molecule has 0 saturated carbocycles. The standard InChI is InChI=1S/C16H11N3O2/c17-16-14(10-4-3-7-18-8-10)15(19-21-16)12-9-20-13-6-2-1-5-11(12)13/h1-9H,17H2. The number of aromatic nitrogens is 2. The molecule has 5 nitrogen and oxygen atoms in total. The summed E-state index contributed by atoms with van der Waals surface area (Å²) in [4.78, 5) is 4.12. The molecule has 2 N–H and O–H groups in total. The molecule has 0 amide bonds. The van der Waals surface area contributed by atoms with E-state index in [0.717, 1.165) is 27.7 Å². The Hall–Kier alpha value is -3.08. The van der Waals surface area contributed by atoms with E-state index in [1.165, 1.54) is 0 Å². The van der Waals surface area contributed by atoms with Gasteiger partial charge in [0.1, 0.15) is 17.5 Å². The molecule has 0 bridgehead atoms. The molecular formula is C16H11N3O2. The molecule has 0 aliphatic rings. The van der Waals surface area contributed by atoms with Gasteiger partial charge in [-0.2, -0.15) is 0 Å². The fraction of sp³-hybridized carbons (Fsp3) is 0. The fourth-order valence-electron chi connectivity index (χ4n) is 2.44. The number of pyridine rings is 1. The molecular weight excluding hydrogens is 266 g/mol. The summed E-state index contributed by atoms with van der Waals surface area (Å²) >= 11 is 0. The quantitative estimate of drug-likeness (QED) is 0.604. The predicted molar refractivity (Wildman–Crippen MR) is 79.4 cm³/mol. The maximum Gasteiger partial charge on any atom is 0.230 e. The molecule has 1 aromatic carbocycles. The third-order valence-electron chi connectivity index (χ3n) is 3.40. The summed E-state index contributed by atoms with van der Waals surface area (Å²) in [5.74, 6) is 0.267. The molecule has 0 aliphatic heterocycles. The summed E-state index contributed by atoms with van der Waals surface area (Å²) in [6, 6.07) is 11.5. The van der Waals surface area contributed by atoms with Crippen LogP contribution in [0, 0.1) is 0 Å². The van der Waals surface area contributed by atoms with Crippen molar-refractivity contribution < 1.29 is 8.94 Å². The minimum Gasteiger partial charge on any atom is -0.464 e. The van der Waals surface area contributed by atoms with Crippen LogP contribution in [0.3, 0.4) is 0 Å². The van der Waals surface area contributed by atoms with Gasteiger partial charge in [-0.15, -0.1) is 0 Å². The summed E-state index contributed by atoms with van der Waals surface area (Å²) in [6.07, 6.45) is 5.11. The number of fused-ring (bicyclic) bond motifs is 1. The summed E-state index contributed by atoms with van der Waals surface area (Å²) in [5, 5.41) is 5.07. The molecule has 0 spiro atoms. The molecule has 0 aliphatic carbocycles. The zero-order valence-electron chi connectivity index (χ0n) is 11.0. The van der Waals surface area contributed by atoms with E-state index in [1.54, 1.807) is 18.7 Å². The van der Waals surface area contributed by atoms with Gasteiger partial charge in [-0.3, -0.25) is 4.98 Å². The molecule has 5 heteroatoms. The maximum absolute atomic E-state index is 5.94. The van der Waals surface area contributed by atoms with Crippen LogP contribution >= 0.6 is 0 Å². The van der Waals surface area contributed by atoms with Crippen molar-refractivity contribution in [1.29, 1.82) is 0 Å². The van der Waals surface area contributed by atoms with Crippen molar-refractivity contribution in [3.8, 4) is 22.4 Å². The van der Waals surface area contributed by atoms with Crippen molar-refractivity contribution >= 4 is 16.9 Å². The van der Waals surface area contributed by atoms with Crippen LogP contribution in [0.5, 0.6) is 0 Å². The lowest BCUT2D eigenvalue weighted by molar-refractivity contribution is 0.439. The lowest BCUT2D eigenvalue weighted by atomic mass is 10.0. The van der Waals surface area contributed by atoms with E-state index in [1.807, 2.05) is 36.4 Å². The molecule has 4 rings (SSSR count). The minimum absolute atomic E-state index is 0.267. The maximum atomic E-state index is 5.94. The SMILES string of the molecule is Nc1onc(-c2coc3ccccc23)c1-c1cccnc1. The zero-order valence-corrected chi connectivity index (χ0v) is 11.0. The van der Waals surface area contributed by atoms with Crippen LogP contribution in [0.15, 0.2) is 64.0 Å². The Balaban J connectivity index is 1.98. The summed E-state index contributed by atoms with van der Waals surface area (Å²) < 4.78 is 10.7.